The van der Waals surface area contributed by atoms with E-state index in [1.165, 1.54) is 0 Å². The van der Waals surface area contributed by atoms with Gasteiger partial charge in [0, 0.05) is 32.8 Å². The molecule has 2 unspecified atom stereocenters. The van der Waals surface area contributed by atoms with Crippen molar-refractivity contribution in [2.24, 2.45) is 11.8 Å². The van der Waals surface area contributed by atoms with Crippen LogP contribution in [-0.2, 0) is 9.47 Å². The second-order valence-corrected chi connectivity index (χ2v) is 7.30. The van der Waals surface area contributed by atoms with Gasteiger partial charge in [-0.25, -0.2) is 4.79 Å². The van der Waals surface area contributed by atoms with Crippen molar-refractivity contribution < 1.29 is 14.3 Å². The Morgan fingerprint density at radius 1 is 1.38 bits per heavy atom. The molecule has 5 heteroatoms. The summed E-state index contributed by atoms with van der Waals surface area (Å²) in [5.74, 6) is 1.03. The van der Waals surface area contributed by atoms with E-state index in [2.05, 4.69) is 19.2 Å². The van der Waals surface area contributed by atoms with E-state index in [0.717, 1.165) is 32.7 Å². The fraction of sp³-hybridized carbons (Fsp3) is 0.938. The van der Waals surface area contributed by atoms with Crippen LogP contribution in [0.3, 0.4) is 0 Å². The molecule has 2 atom stereocenters. The molecular weight excluding hydrogens is 268 g/mol. The maximum Gasteiger partial charge on any atom is 0.410 e. The van der Waals surface area contributed by atoms with E-state index in [1.54, 1.807) is 7.11 Å². The summed E-state index contributed by atoms with van der Waals surface area (Å²) in [6.45, 7) is 13.3. The first-order valence-electron chi connectivity index (χ1n) is 7.93. The number of hydrogen-bond acceptors (Lipinski definition) is 4. The Morgan fingerprint density at radius 2 is 2.05 bits per heavy atom. The van der Waals surface area contributed by atoms with Gasteiger partial charge >= 0.3 is 6.09 Å². The lowest BCUT2D eigenvalue weighted by Gasteiger charge is -2.25. The summed E-state index contributed by atoms with van der Waals surface area (Å²) < 4.78 is 10.7. The lowest BCUT2D eigenvalue weighted by molar-refractivity contribution is 0.0287. The summed E-state index contributed by atoms with van der Waals surface area (Å²) in [7, 11) is 1.73. The summed E-state index contributed by atoms with van der Waals surface area (Å²) in [6.07, 6.45) is 0.839. The average Bonchev–Trinajstić information content (AvgIpc) is 2.80. The molecule has 0 aromatic heterocycles. The third-order valence-corrected chi connectivity index (χ3v) is 3.76. The van der Waals surface area contributed by atoms with Crippen molar-refractivity contribution in [3.05, 3.63) is 0 Å². The van der Waals surface area contributed by atoms with E-state index < -0.39 is 5.60 Å². The summed E-state index contributed by atoms with van der Waals surface area (Å²) in [4.78, 5) is 13.8. The largest absolute Gasteiger partial charge is 0.444 e. The molecule has 0 spiro atoms. The lowest BCUT2D eigenvalue weighted by Crippen LogP contribution is -2.41. The first kappa shape index (κ1) is 18.2. The molecule has 0 bridgehead atoms. The lowest BCUT2D eigenvalue weighted by atomic mass is 10.0. The predicted molar refractivity (Wildman–Crippen MR) is 84.4 cm³/mol. The monoisotopic (exact) mass is 300 g/mol. The van der Waals surface area contributed by atoms with Gasteiger partial charge in [-0.3, -0.25) is 0 Å². The number of nitrogens with zero attached hydrogens (tertiary/aromatic N) is 1. The Hall–Kier alpha value is -0.810. The molecule has 5 nitrogen and oxygen atoms in total. The standard InChI is InChI=1S/C16H32N2O3/c1-12(2)14(11-20-6)17-9-13-7-8-18(10-13)15(19)21-16(3,4)5/h12-14,17H,7-11H2,1-6H3. The van der Waals surface area contributed by atoms with Gasteiger partial charge in [0.25, 0.3) is 0 Å². The molecule has 0 aromatic rings. The Labute approximate surface area is 129 Å². The molecule has 124 valence electrons. The molecule has 1 heterocycles. The second-order valence-electron chi connectivity index (χ2n) is 7.30. The van der Waals surface area contributed by atoms with Gasteiger partial charge < -0.3 is 19.7 Å². The van der Waals surface area contributed by atoms with Crippen molar-refractivity contribution in [3.63, 3.8) is 0 Å². The van der Waals surface area contributed by atoms with Gasteiger partial charge in [-0.2, -0.15) is 0 Å². The Morgan fingerprint density at radius 3 is 2.57 bits per heavy atom. The summed E-state index contributed by atoms with van der Waals surface area (Å²) in [5, 5.41) is 3.57. The van der Waals surface area contributed by atoms with Gasteiger partial charge in [0.05, 0.1) is 6.61 Å². The van der Waals surface area contributed by atoms with Crippen LogP contribution in [0.2, 0.25) is 0 Å². The van der Waals surface area contributed by atoms with E-state index in [-0.39, 0.29) is 6.09 Å². The highest BCUT2D eigenvalue weighted by molar-refractivity contribution is 5.68. The van der Waals surface area contributed by atoms with Crippen LogP contribution in [0.1, 0.15) is 41.0 Å². The first-order valence-corrected chi connectivity index (χ1v) is 7.93. The fourth-order valence-electron chi connectivity index (χ4n) is 2.48. The smallest absolute Gasteiger partial charge is 0.410 e. The number of amides is 1. The number of ether oxygens (including phenoxy) is 2. The Balaban J connectivity index is 2.36. The van der Waals surface area contributed by atoms with Gasteiger partial charge in [-0.1, -0.05) is 13.8 Å². The van der Waals surface area contributed by atoms with Crippen LogP contribution in [-0.4, -0.2) is 56.0 Å². The highest BCUT2D eigenvalue weighted by Gasteiger charge is 2.30. The van der Waals surface area contributed by atoms with E-state index in [4.69, 9.17) is 9.47 Å². The van der Waals surface area contributed by atoms with Crippen LogP contribution in [0.4, 0.5) is 4.79 Å². The molecule has 1 amide bonds. The van der Waals surface area contributed by atoms with E-state index in [1.807, 2.05) is 25.7 Å². The van der Waals surface area contributed by atoms with Gasteiger partial charge in [-0.15, -0.1) is 0 Å². The van der Waals surface area contributed by atoms with Crippen molar-refractivity contribution in [2.75, 3.05) is 33.4 Å². The Bertz CT molecular complexity index is 326. The van der Waals surface area contributed by atoms with Crippen LogP contribution in [0.25, 0.3) is 0 Å². The number of hydrogen-bond donors (Lipinski definition) is 1. The van der Waals surface area contributed by atoms with Crippen LogP contribution in [0.5, 0.6) is 0 Å². The zero-order valence-corrected chi connectivity index (χ0v) is 14.4. The average molecular weight is 300 g/mol. The predicted octanol–water partition coefficient (Wildman–Crippen LogP) is 2.50. The summed E-state index contributed by atoms with van der Waals surface area (Å²) in [5.41, 5.74) is -0.422. The number of carbonyl (C=O) groups excluding carboxylic acids is 1. The molecule has 1 rings (SSSR count). The molecule has 21 heavy (non-hydrogen) atoms. The number of rotatable bonds is 6. The second kappa shape index (κ2) is 7.99. The van der Waals surface area contributed by atoms with E-state index >= 15 is 0 Å². The summed E-state index contributed by atoms with van der Waals surface area (Å²) in [6, 6.07) is 0.366. The minimum Gasteiger partial charge on any atom is -0.444 e. The minimum absolute atomic E-state index is 0.192. The van der Waals surface area contributed by atoms with Crippen molar-refractivity contribution >= 4 is 6.09 Å². The maximum atomic E-state index is 12.0. The molecule has 1 aliphatic rings. The molecule has 1 saturated heterocycles. The third-order valence-electron chi connectivity index (χ3n) is 3.76. The molecule has 1 fully saturated rings. The van der Waals surface area contributed by atoms with Crippen molar-refractivity contribution in [1.29, 1.82) is 0 Å². The first-order chi connectivity index (χ1) is 9.73. The number of carbonyl (C=O) groups is 1. The zero-order chi connectivity index (χ0) is 16.0. The number of methoxy groups -OCH3 is 1. The highest BCUT2D eigenvalue weighted by atomic mass is 16.6. The molecule has 0 aliphatic carbocycles. The SMILES string of the molecule is COCC(NCC1CCN(C(=O)OC(C)(C)C)C1)C(C)C. The van der Waals surface area contributed by atoms with E-state index in [0.29, 0.717) is 17.9 Å². The van der Waals surface area contributed by atoms with Gasteiger partial charge in [0.2, 0.25) is 0 Å². The number of nitrogens with one attached hydrogen (secondary N) is 1. The maximum absolute atomic E-state index is 12.0. The molecule has 1 N–H and O–H groups in total. The van der Waals surface area contributed by atoms with Gasteiger partial charge in [0.15, 0.2) is 0 Å². The van der Waals surface area contributed by atoms with Crippen molar-refractivity contribution in [3.8, 4) is 0 Å². The normalized spacial score (nSPS) is 20.9. The van der Waals surface area contributed by atoms with E-state index in [9.17, 15) is 4.79 Å². The molecule has 0 radical (unpaired) electrons. The third kappa shape index (κ3) is 6.66. The molecule has 1 aliphatic heterocycles. The number of likely N-dealkylation sites (tertiary alicyclic amines) is 1. The van der Waals surface area contributed by atoms with Crippen LogP contribution >= 0.6 is 0 Å². The van der Waals surface area contributed by atoms with Crippen LogP contribution in [0, 0.1) is 11.8 Å². The topological polar surface area (TPSA) is 50.8 Å². The van der Waals surface area contributed by atoms with Crippen molar-refractivity contribution in [2.45, 2.75) is 52.7 Å². The zero-order valence-electron chi connectivity index (χ0n) is 14.4. The van der Waals surface area contributed by atoms with Crippen LogP contribution < -0.4 is 5.32 Å². The highest BCUT2D eigenvalue weighted by Crippen LogP contribution is 2.19. The Kier molecular flexibility index (Phi) is 6.94. The minimum atomic E-state index is -0.422. The summed E-state index contributed by atoms with van der Waals surface area (Å²) >= 11 is 0. The quantitative estimate of drug-likeness (QED) is 0.819. The molecular formula is C16H32N2O3. The van der Waals surface area contributed by atoms with Crippen molar-refractivity contribution in [1.82, 2.24) is 10.2 Å². The molecule has 0 aromatic carbocycles. The molecule has 0 saturated carbocycles. The fourth-order valence-corrected chi connectivity index (χ4v) is 2.48. The van der Waals surface area contributed by atoms with Gasteiger partial charge in [-0.05, 0) is 39.0 Å². The van der Waals surface area contributed by atoms with Crippen LogP contribution in [0.15, 0.2) is 0 Å². The van der Waals surface area contributed by atoms with Gasteiger partial charge in [0.1, 0.15) is 5.60 Å².